The molecule has 0 bridgehead atoms. The molecular weight excluding hydrogens is 339 g/mol. The van der Waals surface area contributed by atoms with Gasteiger partial charge in [0.2, 0.25) is 0 Å². The SMILES string of the molecule is Cc1csc2ncnc(Nc3ccc(F)cc3OC(CF)CF)c12. The number of nitrogens with zero attached hydrogens (tertiary/aromatic N) is 2. The zero-order chi connectivity index (χ0) is 17.1. The van der Waals surface area contributed by atoms with E-state index in [1.54, 1.807) is 0 Å². The Balaban J connectivity index is 1.98. The lowest BCUT2D eigenvalue weighted by molar-refractivity contribution is 0.134. The fourth-order valence-electron chi connectivity index (χ4n) is 2.22. The van der Waals surface area contributed by atoms with Gasteiger partial charge in [0.15, 0.2) is 6.10 Å². The summed E-state index contributed by atoms with van der Waals surface area (Å²) in [6.07, 6.45) is 0.136. The van der Waals surface area contributed by atoms with E-state index in [0.29, 0.717) is 11.5 Å². The number of halogens is 3. The van der Waals surface area contributed by atoms with Gasteiger partial charge in [0.25, 0.3) is 0 Å². The highest BCUT2D eigenvalue weighted by Crippen LogP contribution is 2.34. The Hall–Kier alpha value is -2.35. The quantitative estimate of drug-likeness (QED) is 0.705. The molecule has 0 aliphatic carbocycles. The summed E-state index contributed by atoms with van der Waals surface area (Å²) in [6.45, 7) is -0.0840. The van der Waals surface area contributed by atoms with E-state index < -0.39 is 25.3 Å². The molecule has 3 rings (SSSR count). The first-order valence-corrected chi connectivity index (χ1v) is 8.04. The second-order valence-electron chi connectivity index (χ2n) is 5.14. The molecule has 1 N–H and O–H groups in total. The summed E-state index contributed by atoms with van der Waals surface area (Å²) in [6, 6.07) is 3.75. The zero-order valence-corrected chi connectivity index (χ0v) is 13.5. The number of hydrogen-bond acceptors (Lipinski definition) is 5. The Labute approximate surface area is 140 Å². The molecule has 1 aromatic carbocycles. The van der Waals surface area contributed by atoms with Crippen LogP contribution < -0.4 is 10.1 Å². The molecule has 3 aromatic rings. The van der Waals surface area contributed by atoms with Crippen molar-refractivity contribution in [1.82, 2.24) is 9.97 Å². The molecule has 0 amide bonds. The van der Waals surface area contributed by atoms with Crippen LogP contribution in [0.2, 0.25) is 0 Å². The summed E-state index contributed by atoms with van der Waals surface area (Å²) in [7, 11) is 0. The zero-order valence-electron chi connectivity index (χ0n) is 12.7. The highest BCUT2D eigenvalue weighted by atomic mass is 32.1. The maximum absolute atomic E-state index is 13.5. The van der Waals surface area contributed by atoms with E-state index in [4.69, 9.17) is 4.74 Å². The van der Waals surface area contributed by atoms with Crippen LogP contribution >= 0.6 is 11.3 Å². The third kappa shape index (κ3) is 3.28. The lowest BCUT2D eigenvalue weighted by Crippen LogP contribution is -2.21. The van der Waals surface area contributed by atoms with E-state index in [-0.39, 0.29) is 5.75 Å². The summed E-state index contributed by atoms with van der Waals surface area (Å²) in [4.78, 5) is 9.20. The van der Waals surface area contributed by atoms with Gasteiger partial charge in [-0.1, -0.05) is 0 Å². The van der Waals surface area contributed by atoms with Crippen LogP contribution in [-0.4, -0.2) is 29.4 Å². The summed E-state index contributed by atoms with van der Waals surface area (Å²) >= 11 is 1.48. The molecule has 4 nitrogen and oxygen atoms in total. The van der Waals surface area contributed by atoms with Gasteiger partial charge in [-0.2, -0.15) is 0 Å². The summed E-state index contributed by atoms with van der Waals surface area (Å²) in [5.74, 6) is -0.0197. The van der Waals surface area contributed by atoms with Gasteiger partial charge >= 0.3 is 0 Å². The average molecular weight is 353 g/mol. The molecule has 126 valence electrons. The van der Waals surface area contributed by atoms with Crippen molar-refractivity contribution >= 4 is 33.1 Å². The van der Waals surface area contributed by atoms with Gasteiger partial charge in [-0.05, 0) is 30.0 Å². The van der Waals surface area contributed by atoms with Crippen LogP contribution in [0.15, 0.2) is 29.9 Å². The van der Waals surface area contributed by atoms with Crippen molar-refractivity contribution in [2.45, 2.75) is 13.0 Å². The molecule has 0 spiro atoms. The second-order valence-corrected chi connectivity index (χ2v) is 5.99. The lowest BCUT2D eigenvalue weighted by Gasteiger charge is -2.17. The number of rotatable bonds is 6. The molecule has 0 aliphatic heterocycles. The van der Waals surface area contributed by atoms with Crippen LogP contribution in [-0.2, 0) is 0 Å². The van der Waals surface area contributed by atoms with Crippen molar-refractivity contribution in [3.8, 4) is 5.75 Å². The number of nitrogens with one attached hydrogen (secondary N) is 1. The minimum atomic E-state index is -1.28. The topological polar surface area (TPSA) is 47.0 Å². The standard InChI is InChI=1S/C16H14F3N3OS/c1-9-7-24-16-14(9)15(20-8-21-16)22-12-3-2-10(19)4-13(12)23-11(5-17)6-18/h2-4,7-8,11H,5-6H2,1H3,(H,20,21,22). The minimum absolute atomic E-state index is 0.0231. The van der Waals surface area contributed by atoms with E-state index in [0.717, 1.165) is 21.8 Å². The van der Waals surface area contributed by atoms with Crippen molar-refractivity contribution in [2.75, 3.05) is 18.7 Å². The van der Waals surface area contributed by atoms with Crippen molar-refractivity contribution < 1.29 is 17.9 Å². The molecule has 24 heavy (non-hydrogen) atoms. The van der Waals surface area contributed by atoms with Gasteiger partial charge in [-0.15, -0.1) is 11.3 Å². The monoisotopic (exact) mass is 353 g/mol. The van der Waals surface area contributed by atoms with E-state index >= 15 is 0 Å². The molecule has 0 fully saturated rings. The van der Waals surface area contributed by atoms with Crippen molar-refractivity contribution in [3.63, 3.8) is 0 Å². The first-order chi connectivity index (χ1) is 11.6. The molecule has 0 radical (unpaired) electrons. The number of aromatic nitrogens is 2. The lowest BCUT2D eigenvalue weighted by atomic mass is 10.2. The smallest absolute Gasteiger partial charge is 0.155 e. The van der Waals surface area contributed by atoms with Crippen LogP contribution in [0.4, 0.5) is 24.7 Å². The number of benzene rings is 1. The highest BCUT2D eigenvalue weighted by molar-refractivity contribution is 7.17. The molecule has 0 unspecified atom stereocenters. The van der Waals surface area contributed by atoms with E-state index in [9.17, 15) is 13.2 Å². The van der Waals surface area contributed by atoms with Crippen LogP contribution in [0.1, 0.15) is 5.56 Å². The Morgan fingerprint density at radius 3 is 2.79 bits per heavy atom. The third-order valence-corrected chi connectivity index (χ3v) is 4.39. The number of aryl methyl sites for hydroxylation is 1. The molecule has 2 heterocycles. The number of ether oxygens (including phenoxy) is 1. The van der Waals surface area contributed by atoms with Crippen LogP contribution in [0, 0.1) is 12.7 Å². The van der Waals surface area contributed by atoms with E-state index in [2.05, 4.69) is 15.3 Å². The maximum Gasteiger partial charge on any atom is 0.155 e. The number of anilines is 2. The summed E-state index contributed by atoms with van der Waals surface area (Å²) in [5, 5.41) is 5.83. The molecule has 0 saturated carbocycles. The molecule has 0 aliphatic rings. The Kier molecular flexibility index (Phi) is 4.84. The third-order valence-electron chi connectivity index (χ3n) is 3.39. The first-order valence-electron chi connectivity index (χ1n) is 7.16. The first kappa shape index (κ1) is 16.5. The van der Waals surface area contributed by atoms with Gasteiger partial charge in [0.05, 0.1) is 11.1 Å². The van der Waals surface area contributed by atoms with Gasteiger partial charge in [0, 0.05) is 6.07 Å². The van der Waals surface area contributed by atoms with Gasteiger partial charge in [-0.3, -0.25) is 0 Å². The summed E-state index contributed by atoms with van der Waals surface area (Å²) < 4.78 is 44.2. The maximum atomic E-state index is 13.5. The van der Waals surface area contributed by atoms with Crippen molar-refractivity contribution in [2.24, 2.45) is 0 Å². The van der Waals surface area contributed by atoms with Crippen molar-refractivity contribution in [3.05, 3.63) is 41.3 Å². The van der Waals surface area contributed by atoms with Gasteiger partial charge < -0.3 is 10.1 Å². The van der Waals surface area contributed by atoms with E-state index in [1.165, 1.54) is 29.8 Å². The number of thiophene rings is 1. The molecule has 2 aromatic heterocycles. The van der Waals surface area contributed by atoms with Crippen molar-refractivity contribution in [1.29, 1.82) is 0 Å². The summed E-state index contributed by atoms with van der Waals surface area (Å²) in [5.41, 5.74) is 1.36. The molecule has 8 heteroatoms. The Morgan fingerprint density at radius 1 is 1.25 bits per heavy atom. The minimum Gasteiger partial charge on any atom is -0.483 e. The predicted octanol–water partition coefficient (Wildman–Crippen LogP) is 4.57. The fraction of sp³-hybridized carbons (Fsp3) is 0.250. The Morgan fingerprint density at radius 2 is 2.04 bits per heavy atom. The van der Waals surface area contributed by atoms with Crippen LogP contribution in [0.5, 0.6) is 5.75 Å². The highest BCUT2D eigenvalue weighted by Gasteiger charge is 2.16. The van der Waals surface area contributed by atoms with Crippen LogP contribution in [0.25, 0.3) is 10.2 Å². The number of fused-ring (bicyclic) bond motifs is 1. The van der Waals surface area contributed by atoms with Gasteiger partial charge in [-0.25, -0.2) is 23.1 Å². The predicted molar refractivity (Wildman–Crippen MR) is 88.2 cm³/mol. The molecule has 0 saturated heterocycles. The van der Waals surface area contributed by atoms with E-state index in [1.807, 2.05) is 12.3 Å². The average Bonchev–Trinajstić information content (AvgIpc) is 2.97. The van der Waals surface area contributed by atoms with Gasteiger partial charge in [0.1, 0.15) is 41.9 Å². The number of alkyl halides is 2. The normalized spacial score (nSPS) is 11.2. The number of hydrogen-bond donors (Lipinski definition) is 1. The largest absolute Gasteiger partial charge is 0.483 e. The second kappa shape index (κ2) is 7.04. The molecule has 0 atom stereocenters. The van der Waals surface area contributed by atoms with Crippen LogP contribution in [0.3, 0.4) is 0 Å². The molecular formula is C16H14F3N3OS. The Bertz CT molecular complexity index is 852. The fourth-order valence-corrected chi connectivity index (χ4v) is 3.11.